The van der Waals surface area contributed by atoms with Crippen LogP contribution >= 0.6 is 47.2 Å². The van der Waals surface area contributed by atoms with Crippen molar-refractivity contribution >= 4 is 53.1 Å². The SMILES string of the molecule is CN=C(NCc1nncn1C)N(C)Cc1ccc(Cl)c(Cl)c1.I. The zero-order valence-corrected chi connectivity index (χ0v) is 17.0. The largest absolute Gasteiger partial charge is 0.349 e. The van der Waals surface area contributed by atoms with Gasteiger partial charge in [0, 0.05) is 27.7 Å². The van der Waals surface area contributed by atoms with Crippen LogP contribution in [0.25, 0.3) is 0 Å². The second-order valence-electron chi connectivity index (χ2n) is 4.86. The summed E-state index contributed by atoms with van der Waals surface area (Å²) in [6.45, 7) is 1.21. The summed E-state index contributed by atoms with van der Waals surface area (Å²) < 4.78 is 1.86. The average Bonchev–Trinajstić information content (AvgIpc) is 2.89. The zero-order chi connectivity index (χ0) is 16.1. The van der Waals surface area contributed by atoms with Crippen LogP contribution in [0.2, 0.25) is 10.0 Å². The van der Waals surface area contributed by atoms with E-state index in [1.165, 1.54) is 0 Å². The molecule has 1 heterocycles. The van der Waals surface area contributed by atoms with Crippen LogP contribution in [-0.2, 0) is 20.1 Å². The van der Waals surface area contributed by atoms with Gasteiger partial charge < -0.3 is 14.8 Å². The second kappa shape index (κ2) is 9.29. The number of hydrogen-bond acceptors (Lipinski definition) is 3. The number of aromatic nitrogens is 3. The Kier molecular flexibility index (Phi) is 8.07. The van der Waals surface area contributed by atoms with Crippen molar-refractivity contribution in [2.45, 2.75) is 13.1 Å². The zero-order valence-electron chi connectivity index (χ0n) is 13.1. The smallest absolute Gasteiger partial charge is 0.194 e. The molecule has 126 valence electrons. The Morgan fingerprint density at radius 3 is 2.65 bits per heavy atom. The normalized spacial score (nSPS) is 11.1. The van der Waals surface area contributed by atoms with Crippen molar-refractivity contribution in [2.75, 3.05) is 14.1 Å². The van der Waals surface area contributed by atoms with E-state index in [1.54, 1.807) is 19.4 Å². The van der Waals surface area contributed by atoms with Crippen LogP contribution in [0, 0.1) is 0 Å². The van der Waals surface area contributed by atoms with Crippen LogP contribution in [-0.4, -0.2) is 39.7 Å². The van der Waals surface area contributed by atoms with Gasteiger partial charge in [-0.25, -0.2) is 0 Å². The minimum atomic E-state index is 0. The van der Waals surface area contributed by atoms with Crippen LogP contribution in [0.15, 0.2) is 29.5 Å². The van der Waals surface area contributed by atoms with Crippen LogP contribution in [0.4, 0.5) is 0 Å². The monoisotopic (exact) mass is 468 g/mol. The number of benzene rings is 1. The summed E-state index contributed by atoms with van der Waals surface area (Å²) in [5.41, 5.74) is 1.05. The maximum atomic E-state index is 6.04. The lowest BCUT2D eigenvalue weighted by atomic mass is 10.2. The third kappa shape index (κ3) is 5.50. The molecule has 0 radical (unpaired) electrons. The summed E-state index contributed by atoms with van der Waals surface area (Å²) in [6.07, 6.45) is 1.67. The van der Waals surface area contributed by atoms with Gasteiger partial charge in [-0.3, -0.25) is 4.99 Å². The Balaban J connectivity index is 0.00000264. The standard InChI is InChI=1S/C14H18Cl2N6.HI/c1-17-14(18-7-13-20-19-9-22(13)3)21(2)8-10-4-5-11(15)12(16)6-10;/h4-6,9H,7-8H2,1-3H3,(H,17,18);1H. The molecule has 0 unspecified atom stereocenters. The van der Waals surface area contributed by atoms with Crippen LogP contribution in [0.1, 0.15) is 11.4 Å². The van der Waals surface area contributed by atoms with Crippen LogP contribution in [0.3, 0.4) is 0 Å². The lowest BCUT2D eigenvalue weighted by Crippen LogP contribution is -2.38. The third-order valence-corrected chi connectivity index (χ3v) is 3.93. The topological polar surface area (TPSA) is 58.3 Å². The fraction of sp³-hybridized carbons (Fsp3) is 0.357. The van der Waals surface area contributed by atoms with E-state index in [-0.39, 0.29) is 24.0 Å². The molecule has 0 aliphatic rings. The molecule has 9 heteroatoms. The van der Waals surface area contributed by atoms with E-state index >= 15 is 0 Å². The van der Waals surface area contributed by atoms with Gasteiger partial charge in [-0.15, -0.1) is 34.2 Å². The minimum Gasteiger partial charge on any atom is -0.349 e. The molecule has 0 bridgehead atoms. The molecule has 0 amide bonds. The summed E-state index contributed by atoms with van der Waals surface area (Å²) in [5, 5.41) is 12.2. The molecule has 1 aromatic carbocycles. The summed E-state index contributed by atoms with van der Waals surface area (Å²) in [5.74, 6) is 1.60. The van der Waals surface area contributed by atoms with E-state index in [0.717, 1.165) is 17.3 Å². The second-order valence-corrected chi connectivity index (χ2v) is 5.68. The highest BCUT2D eigenvalue weighted by Gasteiger charge is 2.09. The molecule has 2 rings (SSSR count). The first-order valence-corrected chi connectivity index (χ1v) is 7.45. The molecule has 1 N–H and O–H groups in total. The molecule has 0 atom stereocenters. The van der Waals surface area contributed by atoms with Gasteiger partial charge in [0.15, 0.2) is 11.8 Å². The fourth-order valence-corrected chi connectivity index (χ4v) is 2.32. The molecule has 0 spiro atoms. The number of aryl methyl sites for hydroxylation is 1. The van der Waals surface area contributed by atoms with Crippen molar-refractivity contribution in [3.63, 3.8) is 0 Å². The fourth-order valence-electron chi connectivity index (χ4n) is 2.00. The van der Waals surface area contributed by atoms with E-state index in [9.17, 15) is 0 Å². The van der Waals surface area contributed by atoms with E-state index in [4.69, 9.17) is 23.2 Å². The number of guanidine groups is 1. The molecule has 23 heavy (non-hydrogen) atoms. The van der Waals surface area contributed by atoms with Gasteiger partial charge >= 0.3 is 0 Å². The van der Waals surface area contributed by atoms with Crippen molar-refractivity contribution in [3.8, 4) is 0 Å². The Morgan fingerprint density at radius 2 is 2.09 bits per heavy atom. The van der Waals surface area contributed by atoms with Gasteiger partial charge in [-0.2, -0.15) is 0 Å². The average molecular weight is 469 g/mol. The third-order valence-electron chi connectivity index (χ3n) is 3.19. The van der Waals surface area contributed by atoms with Crippen LogP contribution in [0.5, 0.6) is 0 Å². The molecule has 0 aliphatic carbocycles. The first-order chi connectivity index (χ1) is 10.5. The number of nitrogens with zero attached hydrogens (tertiary/aromatic N) is 5. The molecule has 1 aromatic heterocycles. The van der Waals surface area contributed by atoms with Crippen molar-refractivity contribution < 1.29 is 0 Å². The summed E-state index contributed by atoms with van der Waals surface area (Å²) in [4.78, 5) is 6.26. The Labute approximate surface area is 162 Å². The van der Waals surface area contributed by atoms with E-state index in [1.807, 2.05) is 35.7 Å². The summed E-state index contributed by atoms with van der Waals surface area (Å²) in [6, 6.07) is 5.60. The molecular formula is C14H19Cl2IN6. The number of hydrogen-bond donors (Lipinski definition) is 1. The molecule has 0 fully saturated rings. The van der Waals surface area contributed by atoms with E-state index in [2.05, 4.69) is 20.5 Å². The predicted molar refractivity (Wildman–Crippen MR) is 105 cm³/mol. The maximum Gasteiger partial charge on any atom is 0.194 e. The minimum absolute atomic E-state index is 0. The highest BCUT2D eigenvalue weighted by Crippen LogP contribution is 2.23. The lowest BCUT2D eigenvalue weighted by molar-refractivity contribution is 0.474. The lowest BCUT2D eigenvalue weighted by Gasteiger charge is -2.22. The first kappa shape index (κ1) is 20.0. The van der Waals surface area contributed by atoms with Crippen LogP contribution < -0.4 is 5.32 Å². The van der Waals surface area contributed by atoms with Gasteiger partial charge in [-0.05, 0) is 17.7 Å². The summed E-state index contributed by atoms with van der Waals surface area (Å²) >= 11 is 12.0. The molecule has 0 aliphatic heterocycles. The van der Waals surface area contributed by atoms with Crippen molar-refractivity contribution in [1.29, 1.82) is 0 Å². The number of nitrogens with one attached hydrogen (secondary N) is 1. The molecular weight excluding hydrogens is 450 g/mol. The van der Waals surface area contributed by atoms with Gasteiger partial charge in [0.05, 0.1) is 16.6 Å². The number of rotatable bonds is 4. The number of halogens is 3. The van der Waals surface area contributed by atoms with Gasteiger partial charge in [-0.1, -0.05) is 29.3 Å². The molecule has 0 saturated carbocycles. The maximum absolute atomic E-state index is 6.04. The highest BCUT2D eigenvalue weighted by molar-refractivity contribution is 14.0. The highest BCUT2D eigenvalue weighted by atomic mass is 127. The van der Waals surface area contributed by atoms with Gasteiger partial charge in [0.1, 0.15) is 6.33 Å². The van der Waals surface area contributed by atoms with Gasteiger partial charge in [0.2, 0.25) is 0 Å². The van der Waals surface area contributed by atoms with E-state index < -0.39 is 0 Å². The van der Waals surface area contributed by atoms with E-state index in [0.29, 0.717) is 23.1 Å². The molecule has 6 nitrogen and oxygen atoms in total. The Hall–Kier alpha value is -1.06. The Bertz CT molecular complexity index is 673. The predicted octanol–water partition coefficient (Wildman–Crippen LogP) is 2.95. The molecule has 0 saturated heterocycles. The summed E-state index contributed by atoms with van der Waals surface area (Å²) in [7, 11) is 5.60. The van der Waals surface area contributed by atoms with Crippen molar-refractivity contribution in [1.82, 2.24) is 25.0 Å². The first-order valence-electron chi connectivity index (χ1n) is 6.70. The van der Waals surface area contributed by atoms with Crippen molar-refractivity contribution in [2.24, 2.45) is 12.0 Å². The number of aliphatic imine (C=N–C) groups is 1. The quantitative estimate of drug-likeness (QED) is 0.425. The Morgan fingerprint density at radius 1 is 1.35 bits per heavy atom. The van der Waals surface area contributed by atoms with Gasteiger partial charge in [0.25, 0.3) is 0 Å². The molecule has 2 aromatic rings. The van der Waals surface area contributed by atoms with Crippen molar-refractivity contribution in [3.05, 3.63) is 46.0 Å².